The topological polar surface area (TPSA) is 21.3 Å². The highest BCUT2D eigenvalue weighted by molar-refractivity contribution is 6.70. The van der Waals surface area contributed by atoms with E-state index in [0.29, 0.717) is 0 Å². The van der Waals surface area contributed by atoms with Crippen molar-refractivity contribution in [1.82, 2.24) is 0 Å². The lowest BCUT2D eigenvalue weighted by Crippen LogP contribution is -2.29. The first-order chi connectivity index (χ1) is 18.9. The maximum Gasteiger partial charge on any atom is 0.242 e. The lowest BCUT2D eigenvalue weighted by Gasteiger charge is -2.24. The summed E-state index contributed by atoms with van der Waals surface area (Å²) in [5.41, 5.74) is 13.3. The predicted molar refractivity (Wildman–Crippen MR) is 173 cm³/mol. The molecule has 0 fully saturated rings. The van der Waals surface area contributed by atoms with Gasteiger partial charge in [-0.2, -0.15) is 0 Å². The highest BCUT2D eigenvalue weighted by Gasteiger charge is 2.42. The zero-order chi connectivity index (χ0) is 28.0. The molecule has 2 aliphatic rings. The van der Waals surface area contributed by atoms with Gasteiger partial charge >= 0.3 is 0 Å². The van der Waals surface area contributed by atoms with Gasteiger partial charge in [0.2, 0.25) is 8.32 Å². The highest BCUT2D eigenvalue weighted by Crippen LogP contribution is 2.57. The van der Waals surface area contributed by atoms with E-state index in [1.54, 1.807) is 0 Å². The minimum atomic E-state index is -1.62. The van der Waals surface area contributed by atoms with Crippen LogP contribution >= 0.6 is 0 Å². The monoisotopic (exact) mass is 539 g/mol. The fraction of sp³-hybridized carbons (Fsp3) is 0.243. The molecule has 0 radical (unpaired) electrons. The van der Waals surface area contributed by atoms with Crippen LogP contribution < -0.4 is 9.74 Å². The first-order valence-corrected chi connectivity index (χ1v) is 17.8. The van der Waals surface area contributed by atoms with Crippen LogP contribution in [0.2, 0.25) is 19.6 Å². The summed E-state index contributed by atoms with van der Waals surface area (Å²) >= 11 is 0. The van der Waals surface area contributed by atoms with Crippen LogP contribution in [-0.2, 0) is 10.8 Å². The van der Waals surface area contributed by atoms with E-state index in [2.05, 4.69) is 144 Å². The van der Waals surface area contributed by atoms with Crippen molar-refractivity contribution in [2.75, 3.05) is 5.32 Å². The van der Waals surface area contributed by atoms with Crippen LogP contribution in [0.4, 0.5) is 11.4 Å². The normalized spacial score (nSPS) is 15.8. The molecule has 2 aliphatic carbocycles. The molecule has 0 amide bonds. The maximum atomic E-state index is 6.14. The van der Waals surface area contributed by atoms with Gasteiger partial charge in [-0.25, -0.2) is 0 Å². The molecule has 7 rings (SSSR count). The molecule has 40 heavy (non-hydrogen) atoms. The highest BCUT2D eigenvalue weighted by atomic mass is 28.4. The van der Waals surface area contributed by atoms with Crippen molar-refractivity contribution in [2.24, 2.45) is 0 Å². The first kappa shape index (κ1) is 25.2. The number of hydrogen-bond acceptors (Lipinski definition) is 2. The largest absolute Gasteiger partial charge is 0.544 e. The fourth-order valence-corrected chi connectivity index (χ4v) is 7.78. The van der Waals surface area contributed by atoms with E-state index in [-0.39, 0.29) is 10.8 Å². The quantitative estimate of drug-likeness (QED) is 0.229. The minimum absolute atomic E-state index is 0.0382. The summed E-state index contributed by atoms with van der Waals surface area (Å²) in [7, 11) is -1.62. The second-order valence-electron chi connectivity index (χ2n) is 13.5. The molecule has 0 aliphatic heterocycles. The molecule has 0 spiro atoms. The second-order valence-corrected chi connectivity index (χ2v) is 18.0. The van der Waals surface area contributed by atoms with Crippen molar-refractivity contribution in [3.05, 3.63) is 113 Å². The summed E-state index contributed by atoms with van der Waals surface area (Å²) in [6.07, 6.45) is 0. The number of rotatable bonds is 4. The summed E-state index contributed by atoms with van der Waals surface area (Å²) in [5.74, 6) is 0.945. The number of hydrogen-bond donors (Lipinski definition) is 1. The Morgan fingerprint density at radius 3 is 1.95 bits per heavy atom. The third-order valence-electron chi connectivity index (χ3n) is 8.93. The Morgan fingerprint density at radius 1 is 0.575 bits per heavy atom. The lowest BCUT2D eigenvalue weighted by atomic mass is 9.79. The van der Waals surface area contributed by atoms with Gasteiger partial charge in [-0.1, -0.05) is 70.2 Å². The third-order valence-corrected chi connectivity index (χ3v) is 9.77. The van der Waals surface area contributed by atoms with Crippen molar-refractivity contribution in [1.29, 1.82) is 0 Å². The van der Waals surface area contributed by atoms with E-state index in [1.807, 2.05) is 0 Å². The molecule has 2 nitrogen and oxygen atoms in total. The zero-order valence-corrected chi connectivity index (χ0v) is 25.6. The lowest BCUT2D eigenvalue weighted by molar-refractivity contribution is 0.558. The summed E-state index contributed by atoms with van der Waals surface area (Å²) in [4.78, 5) is 0. The number of benzene rings is 5. The van der Waals surface area contributed by atoms with Crippen LogP contribution in [0.1, 0.15) is 49.9 Å². The van der Waals surface area contributed by atoms with Gasteiger partial charge < -0.3 is 9.74 Å². The number of anilines is 2. The van der Waals surface area contributed by atoms with Gasteiger partial charge in [-0.15, -0.1) is 0 Å². The molecule has 0 aromatic heterocycles. The second kappa shape index (κ2) is 8.34. The van der Waals surface area contributed by atoms with Crippen molar-refractivity contribution < 1.29 is 4.43 Å². The molecule has 5 aromatic carbocycles. The average molecular weight is 540 g/mol. The number of fused-ring (bicyclic) bond motifs is 8. The molecule has 1 N–H and O–H groups in total. The van der Waals surface area contributed by atoms with Gasteiger partial charge in [0.25, 0.3) is 0 Å². The summed E-state index contributed by atoms with van der Waals surface area (Å²) in [6, 6.07) is 33.7. The number of nitrogens with one attached hydrogen (secondary N) is 1. The average Bonchev–Trinajstić information content (AvgIpc) is 3.27. The van der Waals surface area contributed by atoms with E-state index in [9.17, 15) is 0 Å². The van der Waals surface area contributed by atoms with Gasteiger partial charge in [0.05, 0.1) is 0 Å². The van der Waals surface area contributed by atoms with E-state index in [4.69, 9.17) is 4.43 Å². The van der Waals surface area contributed by atoms with Crippen molar-refractivity contribution >= 4 is 30.5 Å². The summed E-state index contributed by atoms with van der Waals surface area (Å²) in [6.45, 7) is 16.1. The van der Waals surface area contributed by atoms with Crippen LogP contribution in [0.5, 0.6) is 5.75 Å². The predicted octanol–water partition coefficient (Wildman–Crippen LogP) is 10.4. The Bertz CT molecular complexity index is 1820. The van der Waals surface area contributed by atoms with Crippen LogP contribution in [0, 0.1) is 0 Å². The van der Waals surface area contributed by atoms with Gasteiger partial charge in [-0.05, 0) is 123 Å². The molecule has 0 unspecified atom stereocenters. The van der Waals surface area contributed by atoms with E-state index >= 15 is 0 Å². The summed E-state index contributed by atoms with van der Waals surface area (Å²) < 4.78 is 6.14. The van der Waals surface area contributed by atoms with Crippen LogP contribution in [0.15, 0.2) is 91.0 Å². The van der Waals surface area contributed by atoms with Gasteiger partial charge in [0.15, 0.2) is 0 Å². The van der Waals surface area contributed by atoms with Crippen molar-refractivity contribution in [2.45, 2.75) is 58.2 Å². The molecule has 200 valence electrons. The van der Waals surface area contributed by atoms with E-state index < -0.39 is 8.32 Å². The Hall–Kier alpha value is -3.82. The third kappa shape index (κ3) is 3.75. The SMILES string of the molecule is CC1(C)c2cc(Nc3ccc(O[Si](C)(C)C)cc3)ccc2-c2cc3c(cc21)-c1c(ccc2ccccc12)C3(C)C. The van der Waals surface area contributed by atoms with E-state index in [1.165, 1.54) is 55.3 Å². The Balaban J connectivity index is 1.29. The van der Waals surface area contributed by atoms with Gasteiger partial charge in [0.1, 0.15) is 5.75 Å². The molecule has 0 heterocycles. The summed E-state index contributed by atoms with van der Waals surface area (Å²) in [5, 5.41) is 6.30. The standard InChI is InChI=1S/C37H37NOSi/c1-36(2)31-19-12-23-10-8-9-11-27(23)35(31)30-22-33-29(21-34(30)36)28-18-15-25(20-32(28)37(33,3)4)38-24-13-16-26(17-14-24)39-40(5,6)7/h8-22,38H,1-7H3. The Morgan fingerprint density at radius 2 is 1.20 bits per heavy atom. The molecule has 3 heteroatoms. The Labute approximate surface area is 239 Å². The first-order valence-electron chi connectivity index (χ1n) is 14.4. The van der Waals surface area contributed by atoms with Crippen molar-refractivity contribution in [3.63, 3.8) is 0 Å². The van der Waals surface area contributed by atoms with Crippen molar-refractivity contribution in [3.8, 4) is 28.0 Å². The van der Waals surface area contributed by atoms with Crippen LogP contribution in [0.3, 0.4) is 0 Å². The molecule has 0 saturated heterocycles. The Kier molecular flexibility index (Phi) is 5.25. The van der Waals surface area contributed by atoms with Crippen LogP contribution in [-0.4, -0.2) is 8.32 Å². The zero-order valence-electron chi connectivity index (χ0n) is 24.6. The molecular formula is C37H37NOSi. The molecule has 0 atom stereocenters. The maximum absolute atomic E-state index is 6.14. The fourth-order valence-electron chi connectivity index (χ4n) is 6.94. The molecular weight excluding hydrogens is 502 g/mol. The molecule has 0 bridgehead atoms. The molecule has 5 aromatic rings. The smallest absolute Gasteiger partial charge is 0.242 e. The minimum Gasteiger partial charge on any atom is -0.544 e. The van der Waals surface area contributed by atoms with Crippen LogP contribution in [0.25, 0.3) is 33.0 Å². The van der Waals surface area contributed by atoms with E-state index in [0.717, 1.165) is 17.1 Å². The molecule has 0 saturated carbocycles. The van der Waals surface area contributed by atoms with Gasteiger partial charge in [-0.3, -0.25) is 0 Å². The van der Waals surface area contributed by atoms with Gasteiger partial charge in [0, 0.05) is 22.2 Å².